The minimum absolute atomic E-state index is 0.653. The Morgan fingerprint density at radius 3 is 2.35 bits per heavy atom. The third kappa shape index (κ3) is 3.44. The van der Waals surface area contributed by atoms with Crippen LogP contribution in [-0.2, 0) is 6.42 Å². The lowest BCUT2D eigenvalue weighted by molar-refractivity contribution is 0.340. The van der Waals surface area contributed by atoms with Crippen molar-refractivity contribution in [3.63, 3.8) is 0 Å². The molecular formula is C27H25N3O. The van der Waals surface area contributed by atoms with Gasteiger partial charge in [-0.1, -0.05) is 30.7 Å². The first-order valence-corrected chi connectivity index (χ1v) is 10.8. The van der Waals surface area contributed by atoms with Crippen molar-refractivity contribution in [3.8, 4) is 22.7 Å². The van der Waals surface area contributed by atoms with Crippen LogP contribution < -0.4 is 4.74 Å². The summed E-state index contributed by atoms with van der Waals surface area (Å²) < 4.78 is 7.67. The Labute approximate surface area is 182 Å². The third-order valence-electron chi connectivity index (χ3n) is 5.70. The quantitative estimate of drug-likeness (QED) is 0.333. The first-order chi connectivity index (χ1) is 15.2. The zero-order valence-corrected chi connectivity index (χ0v) is 18.1. The SMILES string of the molecule is CCOc1ccc(-c2nn(-c3ccc(C)cc3)c3c2cnc2ccc(CC)cc23)cc1. The van der Waals surface area contributed by atoms with E-state index in [-0.39, 0.29) is 0 Å². The molecule has 0 saturated heterocycles. The molecule has 0 radical (unpaired) electrons. The van der Waals surface area contributed by atoms with Crippen molar-refractivity contribution >= 4 is 21.8 Å². The van der Waals surface area contributed by atoms with Crippen LogP contribution in [0.1, 0.15) is 25.0 Å². The molecule has 0 unspecified atom stereocenters. The topological polar surface area (TPSA) is 39.9 Å². The highest BCUT2D eigenvalue weighted by Gasteiger charge is 2.17. The summed E-state index contributed by atoms with van der Waals surface area (Å²) in [6.07, 6.45) is 2.93. The summed E-state index contributed by atoms with van der Waals surface area (Å²) >= 11 is 0. The molecule has 4 nitrogen and oxygen atoms in total. The first kappa shape index (κ1) is 19.3. The van der Waals surface area contributed by atoms with E-state index in [1.54, 1.807) is 0 Å². The number of nitrogens with zero attached hydrogens (tertiary/aromatic N) is 3. The van der Waals surface area contributed by atoms with Gasteiger partial charge in [0, 0.05) is 22.5 Å². The van der Waals surface area contributed by atoms with E-state index >= 15 is 0 Å². The summed E-state index contributed by atoms with van der Waals surface area (Å²) in [5.41, 5.74) is 7.61. The molecule has 0 bridgehead atoms. The maximum Gasteiger partial charge on any atom is 0.119 e. The Balaban J connectivity index is 1.80. The number of rotatable bonds is 5. The molecule has 0 spiro atoms. The van der Waals surface area contributed by atoms with Gasteiger partial charge in [-0.05, 0) is 74.4 Å². The van der Waals surface area contributed by atoms with Gasteiger partial charge < -0.3 is 4.74 Å². The lowest BCUT2D eigenvalue weighted by atomic mass is 10.0. The van der Waals surface area contributed by atoms with Crippen LogP contribution in [0.4, 0.5) is 0 Å². The fraction of sp³-hybridized carbons (Fsp3) is 0.185. The maximum absolute atomic E-state index is 5.62. The Kier molecular flexibility index (Phi) is 4.91. The molecular weight excluding hydrogens is 382 g/mol. The van der Waals surface area contributed by atoms with E-state index in [4.69, 9.17) is 14.8 Å². The van der Waals surface area contributed by atoms with Crippen molar-refractivity contribution in [3.05, 3.63) is 84.1 Å². The summed E-state index contributed by atoms with van der Waals surface area (Å²) in [4.78, 5) is 4.76. The monoisotopic (exact) mass is 407 g/mol. The minimum Gasteiger partial charge on any atom is -0.494 e. The third-order valence-corrected chi connectivity index (χ3v) is 5.70. The van der Waals surface area contributed by atoms with Crippen LogP contribution in [0.5, 0.6) is 5.75 Å². The lowest BCUT2D eigenvalue weighted by Crippen LogP contribution is -1.97. The number of aromatic nitrogens is 3. The van der Waals surface area contributed by atoms with Gasteiger partial charge in [-0.25, -0.2) is 4.68 Å². The number of ether oxygens (including phenoxy) is 1. The molecule has 0 aliphatic heterocycles. The fourth-order valence-corrected chi connectivity index (χ4v) is 4.01. The van der Waals surface area contributed by atoms with Gasteiger partial charge in [0.2, 0.25) is 0 Å². The Bertz CT molecular complexity index is 1370. The molecule has 5 aromatic rings. The van der Waals surface area contributed by atoms with Crippen molar-refractivity contribution < 1.29 is 4.74 Å². The normalized spacial score (nSPS) is 11.3. The van der Waals surface area contributed by atoms with Crippen molar-refractivity contribution in [2.24, 2.45) is 0 Å². The van der Waals surface area contributed by atoms with E-state index in [2.05, 4.69) is 73.1 Å². The molecule has 154 valence electrons. The number of hydrogen-bond acceptors (Lipinski definition) is 3. The van der Waals surface area contributed by atoms with E-state index in [0.717, 1.165) is 50.9 Å². The highest BCUT2D eigenvalue weighted by atomic mass is 16.5. The Hall–Kier alpha value is -3.66. The van der Waals surface area contributed by atoms with E-state index in [1.165, 1.54) is 11.1 Å². The molecule has 0 fully saturated rings. The average molecular weight is 408 g/mol. The van der Waals surface area contributed by atoms with Gasteiger partial charge in [0.05, 0.1) is 23.3 Å². The predicted octanol–water partition coefficient (Wildman–Crippen LogP) is 6.51. The maximum atomic E-state index is 5.62. The zero-order valence-electron chi connectivity index (χ0n) is 18.1. The second-order valence-electron chi connectivity index (χ2n) is 7.78. The van der Waals surface area contributed by atoms with E-state index in [0.29, 0.717) is 6.61 Å². The Morgan fingerprint density at radius 1 is 0.871 bits per heavy atom. The number of fused-ring (bicyclic) bond motifs is 3. The molecule has 2 heterocycles. The van der Waals surface area contributed by atoms with Gasteiger partial charge in [-0.3, -0.25) is 4.98 Å². The standard InChI is InChI=1S/C27H25N3O/c1-4-19-8-15-25-23(16-19)27-24(17-28-25)26(20-9-13-22(14-10-20)31-5-2)29-30(27)21-11-6-18(3)7-12-21/h6-17H,4-5H2,1-3H3. The summed E-state index contributed by atoms with van der Waals surface area (Å²) in [7, 11) is 0. The summed E-state index contributed by atoms with van der Waals surface area (Å²) in [5.74, 6) is 0.865. The fourth-order valence-electron chi connectivity index (χ4n) is 4.01. The second-order valence-corrected chi connectivity index (χ2v) is 7.78. The molecule has 0 N–H and O–H groups in total. The van der Waals surface area contributed by atoms with E-state index in [9.17, 15) is 0 Å². The van der Waals surface area contributed by atoms with Crippen LogP contribution in [0, 0.1) is 6.92 Å². The van der Waals surface area contributed by atoms with Crippen LogP contribution in [0.25, 0.3) is 38.8 Å². The largest absolute Gasteiger partial charge is 0.494 e. The number of benzene rings is 3. The zero-order chi connectivity index (χ0) is 21.4. The molecule has 2 aromatic heterocycles. The van der Waals surface area contributed by atoms with E-state index in [1.807, 2.05) is 25.3 Å². The summed E-state index contributed by atoms with van der Waals surface area (Å²) in [6.45, 7) is 6.92. The van der Waals surface area contributed by atoms with E-state index < -0.39 is 0 Å². The van der Waals surface area contributed by atoms with Gasteiger partial charge in [0.1, 0.15) is 11.4 Å². The highest BCUT2D eigenvalue weighted by molar-refractivity contribution is 6.09. The molecule has 0 atom stereocenters. The molecule has 3 aromatic carbocycles. The molecule has 0 aliphatic carbocycles. The van der Waals surface area contributed by atoms with Crippen LogP contribution in [0.3, 0.4) is 0 Å². The molecule has 0 saturated carbocycles. The van der Waals surface area contributed by atoms with Crippen LogP contribution in [0.15, 0.2) is 72.9 Å². The molecule has 0 amide bonds. The van der Waals surface area contributed by atoms with Gasteiger partial charge in [0.15, 0.2) is 0 Å². The minimum atomic E-state index is 0.653. The smallest absolute Gasteiger partial charge is 0.119 e. The molecule has 31 heavy (non-hydrogen) atoms. The molecule has 5 rings (SSSR count). The second kappa shape index (κ2) is 7.88. The van der Waals surface area contributed by atoms with Gasteiger partial charge in [-0.15, -0.1) is 0 Å². The van der Waals surface area contributed by atoms with Crippen LogP contribution >= 0.6 is 0 Å². The predicted molar refractivity (Wildman–Crippen MR) is 127 cm³/mol. The molecule has 4 heteroatoms. The van der Waals surface area contributed by atoms with Gasteiger partial charge in [0.25, 0.3) is 0 Å². The highest BCUT2D eigenvalue weighted by Crippen LogP contribution is 2.34. The van der Waals surface area contributed by atoms with Crippen LogP contribution in [0.2, 0.25) is 0 Å². The number of aryl methyl sites for hydroxylation is 2. The number of pyridine rings is 1. The van der Waals surface area contributed by atoms with Crippen molar-refractivity contribution in [1.29, 1.82) is 0 Å². The molecule has 0 aliphatic rings. The van der Waals surface area contributed by atoms with Crippen molar-refractivity contribution in [1.82, 2.24) is 14.8 Å². The summed E-state index contributed by atoms with van der Waals surface area (Å²) in [6, 6.07) is 23.1. The van der Waals surface area contributed by atoms with Gasteiger partial charge in [-0.2, -0.15) is 5.10 Å². The lowest BCUT2D eigenvalue weighted by Gasteiger charge is -2.07. The van der Waals surface area contributed by atoms with Gasteiger partial charge >= 0.3 is 0 Å². The number of hydrogen-bond donors (Lipinski definition) is 0. The van der Waals surface area contributed by atoms with Crippen molar-refractivity contribution in [2.75, 3.05) is 6.61 Å². The van der Waals surface area contributed by atoms with Crippen LogP contribution in [-0.4, -0.2) is 21.4 Å². The first-order valence-electron chi connectivity index (χ1n) is 10.8. The van der Waals surface area contributed by atoms with Crippen molar-refractivity contribution in [2.45, 2.75) is 27.2 Å². The average Bonchev–Trinajstić information content (AvgIpc) is 3.20. The Morgan fingerprint density at radius 2 is 1.65 bits per heavy atom. The summed E-state index contributed by atoms with van der Waals surface area (Å²) in [5, 5.41) is 7.25.